The van der Waals surface area contributed by atoms with Gasteiger partial charge < -0.3 is 19.0 Å². The van der Waals surface area contributed by atoms with Gasteiger partial charge in [0.1, 0.15) is 28.2 Å². The van der Waals surface area contributed by atoms with Gasteiger partial charge in [-0.25, -0.2) is 0 Å². The summed E-state index contributed by atoms with van der Waals surface area (Å²) in [6.07, 6.45) is 0.803. The molecule has 0 saturated heterocycles. The predicted molar refractivity (Wildman–Crippen MR) is 111 cm³/mol. The fourth-order valence-electron chi connectivity index (χ4n) is 2.62. The molecule has 148 valence electrons. The van der Waals surface area contributed by atoms with E-state index in [2.05, 4.69) is 0 Å². The monoisotopic (exact) mass is 400 g/mol. The van der Waals surface area contributed by atoms with Gasteiger partial charge in [0.2, 0.25) is 0 Å². The molecule has 1 N–H and O–H groups in total. The van der Waals surface area contributed by atoms with Crippen molar-refractivity contribution in [3.8, 4) is 17.2 Å². The predicted octanol–water partition coefficient (Wildman–Crippen LogP) is 5.61. The van der Waals surface area contributed by atoms with Gasteiger partial charge in [0.25, 0.3) is 0 Å². The lowest BCUT2D eigenvalue weighted by atomic mass is 10.2. The number of ether oxygens (including phenoxy) is 2. The van der Waals surface area contributed by atoms with Crippen LogP contribution in [0.5, 0.6) is 17.2 Å². The SMILES string of the molecule is CCC(C)Oc1cc(OC(C)C)c2c(=O)cc(Sc3ccc(O)cc3)oc2c1. The summed E-state index contributed by atoms with van der Waals surface area (Å²) in [5.74, 6) is 1.25. The zero-order valence-corrected chi connectivity index (χ0v) is 17.2. The van der Waals surface area contributed by atoms with Gasteiger partial charge in [0, 0.05) is 23.1 Å². The van der Waals surface area contributed by atoms with E-state index in [4.69, 9.17) is 13.9 Å². The second kappa shape index (κ2) is 8.61. The molecule has 0 aliphatic rings. The van der Waals surface area contributed by atoms with Crippen LogP contribution in [0.2, 0.25) is 0 Å². The minimum absolute atomic E-state index is 0.0330. The quantitative estimate of drug-likeness (QED) is 0.555. The summed E-state index contributed by atoms with van der Waals surface area (Å²) in [4.78, 5) is 13.7. The van der Waals surface area contributed by atoms with Crippen molar-refractivity contribution in [1.82, 2.24) is 0 Å². The van der Waals surface area contributed by atoms with Crippen LogP contribution in [0.4, 0.5) is 0 Å². The molecule has 0 radical (unpaired) electrons. The Morgan fingerprint density at radius 3 is 2.43 bits per heavy atom. The molecule has 3 aromatic rings. The third kappa shape index (κ3) is 4.81. The van der Waals surface area contributed by atoms with Gasteiger partial charge in [0.15, 0.2) is 10.5 Å². The standard InChI is InChI=1S/C22H24O5S/c1-5-14(4)26-16-10-19(25-13(2)3)22-18(24)12-21(27-20(22)11-16)28-17-8-6-15(23)7-9-17/h6-14,23H,5H2,1-4H3. The van der Waals surface area contributed by atoms with Gasteiger partial charge in [-0.15, -0.1) is 0 Å². The number of rotatable bonds is 7. The van der Waals surface area contributed by atoms with Crippen LogP contribution in [0.3, 0.4) is 0 Å². The number of hydrogen-bond donors (Lipinski definition) is 1. The molecule has 1 aromatic heterocycles. The number of fused-ring (bicyclic) bond motifs is 1. The minimum Gasteiger partial charge on any atom is -0.508 e. The fraction of sp³-hybridized carbons (Fsp3) is 0.318. The van der Waals surface area contributed by atoms with Crippen LogP contribution in [-0.4, -0.2) is 17.3 Å². The Morgan fingerprint density at radius 2 is 1.79 bits per heavy atom. The molecular formula is C22H24O5S. The van der Waals surface area contributed by atoms with E-state index in [9.17, 15) is 9.90 Å². The van der Waals surface area contributed by atoms with Crippen molar-refractivity contribution in [3.05, 3.63) is 52.7 Å². The first-order valence-electron chi connectivity index (χ1n) is 9.27. The molecule has 5 nitrogen and oxygen atoms in total. The molecule has 2 aromatic carbocycles. The second-order valence-electron chi connectivity index (χ2n) is 6.82. The molecule has 0 saturated carbocycles. The average Bonchev–Trinajstić information content (AvgIpc) is 2.62. The molecule has 6 heteroatoms. The molecule has 1 atom stereocenters. The average molecular weight is 400 g/mol. The maximum Gasteiger partial charge on any atom is 0.197 e. The maximum atomic E-state index is 12.8. The Bertz CT molecular complexity index is 1010. The zero-order chi connectivity index (χ0) is 20.3. The minimum atomic E-state index is -0.173. The highest BCUT2D eigenvalue weighted by Gasteiger charge is 2.16. The summed E-state index contributed by atoms with van der Waals surface area (Å²) in [7, 11) is 0. The van der Waals surface area contributed by atoms with Gasteiger partial charge in [-0.1, -0.05) is 18.7 Å². The van der Waals surface area contributed by atoms with Crippen LogP contribution >= 0.6 is 11.8 Å². The van der Waals surface area contributed by atoms with Crippen molar-refractivity contribution in [1.29, 1.82) is 0 Å². The van der Waals surface area contributed by atoms with Crippen molar-refractivity contribution >= 4 is 22.7 Å². The summed E-state index contributed by atoms with van der Waals surface area (Å²) < 4.78 is 17.8. The molecule has 0 aliphatic carbocycles. The lowest BCUT2D eigenvalue weighted by Crippen LogP contribution is -2.12. The topological polar surface area (TPSA) is 68.9 Å². The second-order valence-corrected chi connectivity index (χ2v) is 7.90. The van der Waals surface area contributed by atoms with Crippen molar-refractivity contribution in [2.45, 2.75) is 56.3 Å². The lowest BCUT2D eigenvalue weighted by Gasteiger charge is -2.17. The summed E-state index contributed by atoms with van der Waals surface area (Å²) in [5.41, 5.74) is 0.249. The van der Waals surface area contributed by atoms with Crippen molar-refractivity contribution < 1.29 is 19.0 Å². The lowest BCUT2D eigenvalue weighted by molar-refractivity contribution is 0.212. The van der Waals surface area contributed by atoms with Gasteiger partial charge in [-0.05, 0) is 51.5 Å². The first-order chi connectivity index (χ1) is 13.4. The highest BCUT2D eigenvalue weighted by Crippen LogP contribution is 2.35. The Labute approximate surface area is 168 Å². The van der Waals surface area contributed by atoms with Gasteiger partial charge >= 0.3 is 0 Å². The molecule has 0 spiro atoms. The van der Waals surface area contributed by atoms with E-state index in [1.165, 1.54) is 17.8 Å². The van der Waals surface area contributed by atoms with Crippen LogP contribution in [0.25, 0.3) is 11.0 Å². The van der Waals surface area contributed by atoms with Crippen LogP contribution in [0.1, 0.15) is 34.1 Å². The smallest absolute Gasteiger partial charge is 0.197 e. The van der Waals surface area contributed by atoms with Crippen LogP contribution in [0.15, 0.2) is 61.7 Å². The number of hydrogen-bond acceptors (Lipinski definition) is 6. The van der Waals surface area contributed by atoms with Gasteiger partial charge in [-0.3, -0.25) is 4.79 Å². The molecule has 28 heavy (non-hydrogen) atoms. The van der Waals surface area contributed by atoms with E-state index in [0.717, 1.165) is 11.3 Å². The first-order valence-corrected chi connectivity index (χ1v) is 10.1. The highest BCUT2D eigenvalue weighted by molar-refractivity contribution is 7.99. The molecule has 0 aliphatic heterocycles. The van der Waals surface area contributed by atoms with E-state index >= 15 is 0 Å². The van der Waals surface area contributed by atoms with Crippen molar-refractivity contribution in [2.24, 2.45) is 0 Å². The number of benzene rings is 2. The van der Waals surface area contributed by atoms with E-state index < -0.39 is 0 Å². The van der Waals surface area contributed by atoms with E-state index in [-0.39, 0.29) is 23.4 Å². The molecule has 0 amide bonds. The first kappa shape index (κ1) is 20.1. The van der Waals surface area contributed by atoms with Crippen molar-refractivity contribution in [2.75, 3.05) is 0 Å². The Balaban J connectivity index is 2.06. The Hall–Kier alpha value is -2.60. The van der Waals surface area contributed by atoms with Crippen molar-refractivity contribution in [3.63, 3.8) is 0 Å². The largest absolute Gasteiger partial charge is 0.508 e. The summed E-state index contributed by atoms with van der Waals surface area (Å²) >= 11 is 1.31. The molecule has 1 unspecified atom stereocenters. The van der Waals surface area contributed by atoms with E-state index in [1.54, 1.807) is 36.4 Å². The van der Waals surface area contributed by atoms with Gasteiger partial charge in [0.05, 0.1) is 12.2 Å². The maximum absolute atomic E-state index is 12.8. The normalized spacial score (nSPS) is 12.3. The Morgan fingerprint density at radius 1 is 1.07 bits per heavy atom. The highest BCUT2D eigenvalue weighted by atomic mass is 32.2. The summed E-state index contributed by atoms with van der Waals surface area (Å²) in [6, 6.07) is 11.7. The fourth-order valence-corrected chi connectivity index (χ4v) is 3.42. The third-order valence-electron chi connectivity index (χ3n) is 4.08. The van der Waals surface area contributed by atoms with Crippen LogP contribution < -0.4 is 14.9 Å². The summed E-state index contributed by atoms with van der Waals surface area (Å²) in [6.45, 7) is 7.85. The number of phenols is 1. The van der Waals surface area contributed by atoms with Crippen LogP contribution in [0, 0.1) is 0 Å². The van der Waals surface area contributed by atoms with Gasteiger partial charge in [-0.2, -0.15) is 0 Å². The van der Waals surface area contributed by atoms with E-state index in [1.807, 2.05) is 27.7 Å². The molecule has 3 rings (SSSR count). The third-order valence-corrected chi connectivity index (χ3v) is 4.99. The molecule has 0 bridgehead atoms. The number of phenolic OH excluding ortho intramolecular Hbond substituents is 1. The molecular weight excluding hydrogens is 376 g/mol. The zero-order valence-electron chi connectivity index (χ0n) is 16.4. The van der Waals surface area contributed by atoms with E-state index in [0.29, 0.717) is 27.6 Å². The molecule has 0 fully saturated rings. The number of aromatic hydroxyl groups is 1. The van der Waals surface area contributed by atoms with Crippen LogP contribution in [-0.2, 0) is 0 Å². The summed E-state index contributed by atoms with van der Waals surface area (Å²) in [5, 5.41) is 10.3. The Kier molecular flexibility index (Phi) is 6.19. The molecule has 1 heterocycles.